The molecule has 1 aliphatic carbocycles. The molecule has 0 saturated carbocycles. The number of ketones is 2. The first-order valence-corrected chi connectivity index (χ1v) is 16.7. The van der Waals surface area contributed by atoms with Gasteiger partial charge in [-0.05, 0) is 100 Å². The number of benzene rings is 4. The Hall–Kier alpha value is -5.43. The van der Waals surface area contributed by atoms with Crippen LogP contribution in [0.5, 0.6) is 17.2 Å². The molecular formula is C42H41NO6. The normalized spacial score (nSPS) is 16.5. The van der Waals surface area contributed by atoms with Crippen molar-refractivity contribution in [2.45, 2.75) is 53.1 Å². The molecule has 49 heavy (non-hydrogen) atoms. The first kappa shape index (κ1) is 33.5. The van der Waals surface area contributed by atoms with E-state index >= 15 is 0 Å². The summed E-state index contributed by atoms with van der Waals surface area (Å²) in [6, 6.07) is 21.4. The third-order valence-corrected chi connectivity index (χ3v) is 9.25. The first-order chi connectivity index (χ1) is 23.6. The van der Waals surface area contributed by atoms with Gasteiger partial charge in [0, 0.05) is 46.5 Å². The van der Waals surface area contributed by atoms with Crippen LogP contribution in [-0.2, 0) is 0 Å². The van der Waals surface area contributed by atoms with Crippen LogP contribution in [0.3, 0.4) is 0 Å². The average Bonchev–Trinajstić information content (AvgIpc) is 3.09. The Kier molecular flexibility index (Phi) is 9.28. The van der Waals surface area contributed by atoms with Crippen molar-refractivity contribution >= 4 is 45.7 Å². The SMILES string of the molecule is CCN(CC)C(=O)Oc1cc2c3c(ccc2cc1C1=C(c2ccc(OC)cc2)C(=O)c2ccccc2C1=O)OC(C)(CCC=C(C)C)C=C3. The predicted octanol–water partition coefficient (Wildman–Crippen LogP) is 9.59. The topological polar surface area (TPSA) is 82.1 Å². The zero-order chi connectivity index (χ0) is 34.9. The van der Waals surface area contributed by atoms with Crippen molar-refractivity contribution in [3.63, 3.8) is 0 Å². The van der Waals surface area contributed by atoms with Crippen molar-refractivity contribution in [3.8, 4) is 17.2 Å². The van der Waals surface area contributed by atoms with Crippen molar-refractivity contribution in [1.82, 2.24) is 4.90 Å². The highest BCUT2D eigenvalue weighted by atomic mass is 16.6. The molecule has 250 valence electrons. The average molecular weight is 656 g/mol. The summed E-state index contributed by atoms with van der Waals surface area (Å²) in [5.41, 5.74) is 3.59. The number of carbonyl (C=O) groups is 3. The number of ether oxygens (including phenoxy) is 3. The highest BCUT2D eigenvalue weighted by Crippen LogP contribution is 2.45. The molecule has 1 aliphatic heterocycles. The Morgan fingerprint density at radius 2 is 1.55 bits per heavy atom. The summed E-state index contributed by atoms with van der Waals surface area (Å²) in [4.78, 5) is 43.9. The highest BCUT2D eigenvalue weighted by molar-refractivity contribution is 6.52. The van der Waals surface area contributed by atoms with Crippen molar-refractivity contribution in [2.24, 2.45) is 0 Å². The molecule has 6 rings (SSSR count). The molecule has 1 amide bonds. The van der Waals surface area contributed by atoms with Crippen LogP contribution in [0.4, 0.5) is 4.79 Å². The number of methoxy groups -OCH3 is 1. The van der Waals surface area contributed by atoms with Crippen LogP contribution in [0.15, 0.2) is 90.5 Å². The van der Waals surface area contributed by atoms with Crippen LogP contribution >= 0.6 is 0 Å². The second kappa shape index (κ2) is 13.6. The number of nitrogens with zero attached hydrogens (tertiary/aromatic N) is 1. The maximum absolute atomic E-state index is 14.5. The third kappa shape index (κ3) is 6.41. The Morgan fingerprint density at radius 1 is 0.878 bits per heavy atom. The molecule has 0 spiro atoms. The summed E-state index contributed by atoms with van der Waals surface area (Å²) in [7, 11) is 1.57. The van der Waals surface area contributed by atoms with E-state index in [1.807, 2.05) is 32.0 Å². The van der Waals surface area contributed by atoms with Gasteiger partial charge < -0.3 is 19.1 Å². The molecule has 1 heterocycles. The van der Waals surface area contributed by atoms with Gasteiger partial charge in [0.2, 0.25) is 0 Å². The smallest absolute Gasteiger partial charge is 0.415 e. The molecule has 4 aromatic carbocycles. The quantitative estimate of drug-likeness (QED) is 0.167. The Labute approximate surface area is 287 Å². The van der Waals surface area contributed by atoms with Crippen LogP contribution < -0.4 is 14.2 Å². The molecule has 0 N–H and O–H groups in total. The number of carbonyl (C=O) groups excluding carboxylic acids is 3. The number of hydrogen-bond acceptors (Lipinski definition) is 6. The van der Waals surface area contributed by atoms with Gasteiger partial charge in [-0.3, -0.25) is 9.59 Å². The van der Waals surface area contributed by atoms with Gasteiger partial charge in [0.1, 0.15) is 22.8 Å². The lowest BCUT2D eigenvalue weighted by atomic mass is 9.78. The number of amides is 1. The van der Waals surface area contributed by atoms with Gasteiger partial charge in [0.05, 0.1) is 7.11 Å². The number of allylic oxidation sites excluding steroid dienone is 4. The summed E-state index contributed by atoms with van der Waals surface area (Å²) < 4.78 is 18.1. The number of hydrogen-bond donors (Lipinski definition) is 0. The lowest BCUT2D eigenvalue weighted by Gasteiger charge is -2.32. The van der Waals surface area contributed by atoms with E-state index in [0.717, 1.165) is 34.9 Å². The number of rotatable bonds is 9. The molecule has 0 radical (unpaired) electrons. The van der Waals surface area contributed by atoms with Crippen LogP contribution in [0.25, 0.3) is 28.0 Å². The Morgan fingerprint density at radius 3 is 2.18 bits per heavy atom. The first-order valence-electron chi connectivity index (χ1n) is 16.7. The van der Waals surface area contributed by atoms with Gasteiger partial charge in [-0.1, -0.05) is 60.2 Å². The lowest BCUT2D eigenvalue weighted by molar-refractivity contribution is 0.101. The fraction of sp³-hybridized carbons (Fsp3) is 0.262. The van der Waals surface area contributed by atoms with E-state index in [9.17, 15) is 14.4 Å². The minimum absolute atomic E-state index is 0.175. The molecule has 0 saturated heterocycles. The van der Waals surface area contributed by atoms with E-state index in [4.69, 9.17) is 14.2 Å². The largest absolute Gasteiger partial charge is 0.497 e. The summed E-state index contributed by atoms with van der Waals surface area (Å²) >= 11 is 0. The standard InChI is InChI=1S/C42H41NO6/c1-7-43(8-2)41(46)48-36-25-33-28(17-20-35-30(33)21-23-42(5,49-35)22-11-12-26(3)4)24-34(36)38-37(27-15-18-29(47-6)19-16-27)39(44)31-13-9-10-14-32(31)40(38)45/h9-10,12-21,23-25H,7-8,11,22H2,1-6H3. The van der Waals surface area contributed by atoms with Crippen LogP contribution in [-0.4, -0.2) is 48.4 Å². The third-order valence-electron chi connectivity index (χ3n) is 9.25. The van der Waals surface area contributed by atoms with Gasteiger partial charge >= 0.3 is 6.09 Å². The zero-order valence-electron chi connectivity index (χ0n) is 28.9. The van der Waals surface area contributed by atoms with E-state index < -0.39 is 11.7 Å². The van der Waals surface area contributed by atoms with Gasteiger partial charge in [-0.2, -0.15) is 0 Å². The van der Waals surface area contributed by atoms with Gasteiger partial charge in [0.25, 0.3) is 0 Å². The lowest BCUT2D eigenvalue weighted by Crippen LogP contribution is -2.33. The fourth-order valence-electron chi connectivity index (χ4n) is 6.53. The minimum Gasteiger partial charge on any atom is -0.497 e. The molecule has 2 aliphatic rings. The molecular weight excluding hydrogens is 614 g/mol. The van der Waals surface area contributed by atoms with Crippen LogP contribution in [0, 0.1) is 0 Å². The van der Waals surface area contributed by atoms with Crippen molar-refractivity contribution in [1.29, 1.82) is 0 Å². The second-order valence-electron chi connectivity index (χ2n) is 12.8. The molecule has 0 fully saturated rings. The maximum atomic E-state index is 14.5. The number of Topliss-reactive ketones (excluding diaryl/α,β-unsaturated/α-hetero) is 2. The zero-order valence-corrected chi connectivity index (χ0v) is 28.9. The fourth-order valence-corrected chi connectivity index (χ4v) is 6.53. The van der Waals surface area contributed by atoms with Gasteiger partial charge in [0.15, 0.2) is 11.6 Å². The Balaban J connectivity index is 1.58. The Bertz CT molecular complexity index is 2060. The molecule has 0 bridgehead atoms. The van der Waals surface area contributed by atoms with E-state index in [0.29, 0.717) is 41.1 Å². The summed E-state index contributed by atoms with van der Waals surface area (Å²) in [6.45, 7) is 10.9. The molecule has 7 nitrogen and oxygen atoms in total. The van der Waals surface area contributed by atoms with E-state index in [1.165, 1.54) is 5.57 Å². The van der Waals surface area contributed by atoms with Crippen molar-refractivity contribution in [2.75, 3.05) is 20.2 Å². The van der Waals surface area contributed by atoms with Crippen molar-refractivity contribution in [3.05, 3.63) is 118 Å². The molecule has 7 heteroatoms. The maximum Gasteiger partial charge on any atom is 0.415 e. The van der Waals surface area contributed by atoms with Crippen molar-refractivity contribution < 1.29 is 28.6 Å². The minimum atomic E-state index is -0.546. The van der Waals surface area contributed by atoms with Gasteiger partial charge in [-0.25, -0.2) is 4.79 Å². The van der Waals surface area contributed by atoms with Crippen LogP contribution in [0.1, 0.15) is 84.9 Å². The highest BCUT2D eigenvalue weighted by Gasteiger charge is 2.36. The number of fused-ring (bicyclic) bond motifs is 4. The summed E-state index contributed by atoms with van der Waals surface area (Å²) in [5, 5.41) is 1.60. The summed E-state index contributed by atoms with van der Waals surface area (Å²) in [6.07, 6.45) is 7.51. The molecule has 0 aromatic heterocycles. The molecule has 1 unspecified atom stereocenters. The monoisotopic (exact) mass is 655 g/mol. The van der Waals surface area contributed by atoms with Crippen LogP contribution in [0.2, 0.25) is 0 Å². The summed E-state index contributed by atoms with van der Waals surface area (Å²) in [5.74, 6) is 0.914. The predicted molar refractivity (Wildman–Crippen MR) is 195 cm³/mol. The second-order valence-corrected chi connectivity index (χ2v) is 12.8. The molecule has 4 aromatic rings. The molecule has 1 atom stereocenters. The van der Waals surface area contributed by atoms with E-state index in [-0.39, 0.29) is 28.5 Å². The van der Waals surface area contributed by atoms with E-state index in [1.54, 1.807) is 66.6 Å². The van der Waals surface area contributed by atoms with E-state index in [2.05, 4.69) is 39.0 Å². The van der Waals surface area contributed by atoms with Gasteiger partial charge in [-0.15, -0.1) is 0 Å².